The van der Waals surface area contributed by atoms with E-state index < -0.39 is 5.41 Å². The molecule has 1 aliphatic rings. The van der Waals surface area contributed by atoms with E-state index in [0.29, 0.717) is 0 Å². The molecule has 4 aromatic heterocycles. The molecule has 274 valence electrons. The van der Waals surface area contributed by atoms with Gasteiger partial charge in [0.25, 0.3) is 0 Å². The predicted molar refractivity (Wildman–Crippen MR) is 241 cm³/mol. The van der Waals surface area contributed by atoms with Crippen molar-refractivity contribution in [2.75, 3.05) is 0 Å². The van der Waals surface area contributed by atoms with Crippen molar-refractivity contribution >= 4 is 43.6 Å². The zero-order chi connectivity index (χ0) is 38.9. The van der Waals surface area contributed by atoms with Gasteiger partial charge in [0.2, 0.25) is 0 Å². The molecule has 59 heavy (non-hydrogen) atoms. The molecule has 12 rings (SSSR count). The second-order valence-electron chi connectivity index (χ2n) is 15.4. The third-order valence-electron chi connectivity index (χ3n) is 12.2. The first-order valence-electron chi connectivity index (χ1n) is 20.0. The van der Waals surface area contributed by atoms with E-state index in [9.17, 15) is 0 Å². The molecule has 7 aromatic carbocycles. The van der Waals surface area contributed by atoms with Gasteiger partial charge in [-0.05, 0) is 86.5 Å². The maximum Gasteiger partial charge on any atom is 0.0972 e. The minimum absolute atomic E-state index is 0.627. The summed E-state index contributed by atoms with van der Waals surface area (Å²) in [5.74, 6) is 0. The highest BCUT2D eigenvalue weighted by Crippen LogP contribution is 2.56. The third-order valence-corrected chi connectivity index (χ3v) is 12.2. The van der Waals surface area contributed by atoms with Crippen molar-refractivity contribution in [3.05, 3.63) is 229 Å². The van der Waals surface area contributed by atoms with Gasteiger partial charge < -0.3 is 0 Å². The standard InChI is InChI=1S/C55H34N4/c1-3-17-47-45(15-1)46-16-2-4-18-48(46)55(47,50-30-26-39-22-20-37-14-8-32-57-52(37)54(39)59-50)44-27-23-35(24-28-44)40-9-5-10-41(33-40)42-11-6-12-43(34-42)49-29-25-38-21-19-36-13-7-31-56-51(36)53(38)58-49/h1-34H. The largest absolute Gasteiger partial charge is 0.254 e. The monoisotopic (exact) mass is 750 g/mol. The molecule has 0 fully saturated rings. The molecule has 1 aliphatic carbocycles. The van der Waals surface area contributed by atoms with Gasteiger partial charge in [-0.25, -0.2) is 9.97 Å². The van der Waals surface area contributed by atoms with Crippen molar-refractivity contribution in [3.8, 4) is 44.6 Å². The van der Waals surface area contributed by atoms with Gasteiger partial charge in [-0.15, -0.1) is 0 Å². The second-order valence-corrected chi connectivity index (χ2v) is 15.4. The number of pyridine rings is 4. The fourth-order valence-corrected chi connectivity index (χ4v) is 9.44. The van der Waals surface area contributed by atoms with Crippen molar-refractivity contribution in [2.45, 2.75) is 5.41 Å². The highest BCUT2D eigenvalue weighted by molar-refractivity contribution is 6.04. The van der Waals surface area contributed by atoms with E-state index in [-0.39, 0.29) is 0 Å². The van der Waals surface area contributed by atoms with Crippen LogP contribution in [-0.4, -0.2) is 19.9 Å². The van der Waals surface area contributed by atoms with E-state index in [1.807, 2.05) is 24.5 Å². The average molecular weight is 751 g/mol. The Kier molecular flexibility index (Phi) is 7.41. The molecule has 4 heteroatoms. The van der Waals surface area contributed by atoms with Crippen molar-refractivity contribution in [1.29, 1.82) is 0 Å². The van der Waals surface area contributed by atoms with Gasteiger partial charge in [0.05, 0.1) is 38.9 Å². The van der Waals surface area contributed by atoms with Crippen molar-refractivity contribution in [1.82, 2.24) is 19.9 Å². The first-order valence-corrected chi connectivity index (χ1v) is 20.0. The van der Waals surface area contributed by atoms with Crippen LogP contribution in [0.15, 0.2) is 207 Å². The topological polar surface area (TPSA) is 51.6 Å². The van der Waals surface area contributed by atoms with E-state index in [4.69, 9.17) is 15.0 Å². The molecule has 0 N–H and O–H groups in total. The Bertz CT molecular complexity index is 3410. The lowest BCUT2D eigenvalue weighted by molar-refractivity contribution is 0.740. The molecule has 0 spiro atoms. The predicted octanol–water partition coefficient (Wildman–Crippen LogP) is 13.2. The molecular formula is C55H34N4. The summed E-state index contributed by atoms with van der Waals surface area (Å²) < 4.78 is 0. The fraction of sp³-hybridized carbons (Fsp3) is 0.0182. The SMILES string of the molecule is c1cc(-c2ccc(C3(c4ccc5ccc6cccnc6c5n4)c4ccccc4-c4ccccc43)cc2)cc(-c2cccc(-c3ccc4ccc5cccnc5c4n3)c2)c1. The average Bonchev–Trinajstić information content (AvgIpc) is 3.62. The van der Waals surface area contributed by atoms with Crippen LogP contribution in [0.4, 0.5) is 0 Å². The maximum absolute atomic E-state index is 5.54. The summed E-state index contributed by atoms with van der Waals surface area (Å²) in [6, 6.07) is 69.6. The Morgan fingerprint density at radius 3 is 1.44 bits per heavy atom. The number of benzene rings is 7. The third kappa shape index (κ3) is 5.16. The summed E-state index contributed by atoms with van der Waals surface area (Å²) in [4.78, 5) is 20.1. The molecule has 0 unspecified atom stereocenters. The van der Waals surface area contributed by atoms with Gasteiger partial charge in [-0.3, -0.25) is 9.97 Å². The highest BCUT2D eigenvalue weighted by atomic mass is 14.8. The maximum atomic E-state index is 5.54. The fourth-order valence-electron chi connectivity index (χ4n) is 9.44. The summed E-state index contributed by atoms with van der Waals surface area (Å²) in [6.07, 6.45) is 3.70. The van der Waals surface area contributed by atoms with E-state index in [0.717, 1.165) is 82.8 Å². The molecule has 0 saturated carbocycles. The zero-order valence-electron chi connectivity index (χ0n) is 31.9. The lowest BCUT2D eigenvalue weighted by Gasteiger charge is -2.33. The van der Waals surface area contributed by atoms with Gasteiger partial charge in [-0.2, -0.15) is 0 Å². The summed E-state index contributed by atoms with van der Waals surface area (Å²) in [7, 11) is 0. The molecule has 0 bridgehead atoms. The van der Waals surface area contributed by atoms with Gasteiger partial charge >= 0.3 is 0 Å². The second kappa shape index (κ2) is 13.1. The summed E-state index contributed by atoms with van der Waals surface area (Å²) in [6.45, 7) is 0. The van der Waals surface area contributed by atoms with E-state index in [1.165, 1.54) is 27.8 Å². The summed E-state index contributed by atoms with van der Waals surface area (Å²) in [5, 5.41) is 4.34. The molecule has 0 radical (unpaired) electrons. The van der Waals surface area contributed by atoms with Crippen LogP contribution in [0.3, 0.4) is 0 Å². The molecule has 4 nitrogen and oxygen atoms in total. The van der Waals surface area contributed by atoms with E-state index in [2.05, 4.69) is 187 Å². The van der Waals surface area contributed by atoms with Gasteiger partial charge in [0.15, 0.2) is 0 Å². The number of hydrogen-bond donors (Lipinski definition) is 0. The number of hydrogen-bond acceptors (Lipinski definition) is 4. The number of fused-ring (bicyclic) bond motifs is 9. The molecule has 11 aromatic rings. The van der Waals surface area contributed by atoms with Crippen LogP contribution in [0.2, 0.25) is 0 Å². The highest BCUT2D eigenvalue weighted by Gasteiger charge is 2.47. The molecule has 0 saturated heterocycles. The quantitative estimate of drug-likeness (QED) is 0.164. The Morgan fingerprint density at radius 2 is 0.814 bits per heavy atom. The van der Waals surface area contributed by atoms with Gasteiger partial charge in [0.1, 0.15) is 0 Å². The Balaban J connectivity index is 0.959. The molecule has 0 atom stereocenters. The minimum atomic E-state index is -0.627. The summed E-state index contributed by atoms with van der Waals surface area (Å²) in [5.41, 5.74) is 16.8. The van der Waals surface area contributed by atoms with Crippen LogP contribution in [0.1, 0.15) is 22.4 Å². The van der Waals surface area contributed by atoms with Gasteiger partial charge in [-0.1, -0.05) is 158 Å². The smallest absolute Gasteiger partial charge is 0.0972 e. The van der Waals surface area contributed by atoms with Crippen LogP contribution in [0.25, 0.3) is 88.2 Å². The number of nitrogens with zero attached hydrogens (tertiary/aromatic N) is 4. The molecular weight excluding hydrogens is 717 g/mol. The first kappa shape index (κ1) is 33.3. The molecule has 0 aliphatic heterocycles. The van der Waals surface area contributed by atoms with Crippen LogP contribution in [0.5, 0.6) is 0 Å². The molecule has 0 amide bonds. The van der Waals surface area contributed by atoms with Crippen LogP contribution < -0.4 is 0 Å². The first-order chi connectivity index (χ1) is 29.2. The Hall–Kier alpha value is -7.82. The van der Waals surface area contributed by atoms with Gasteiger partial charge in [0, 0.05) is 39.5 Å². The summed E-state index contributed by atoms with van der Waals surface area (Å²) >= 11 is 0. The minimum Gasteiger partial charge on any atom is -0.254 e. The lowest BCUT2D eigenvalue weighted by atomic mass is 9.69. The van der Waals surface area contributed by atoms with Crippen molar-refractivity contribution < 1.29 is 0 Å². The van der Waals surface area contributed by atoms with E-state index >= 15 is 0 Å². The van der Waals surface area contributed by atoms with E-state index in [1.54, 1.807) is 0 Å². The lowest BCUT2D eigenvalue weighted by Crippen LogP contribution is -2.29. The van der Waals surface area contributed by atoms with Crippen molar-refractivity contribution in [3.63, 3.8) is 0 Å². The Morgan fingerprint density at radius 1 is 0.322 bits per heavy atom. The molecule has 4 heterocycles. The van der Waals surface area contributed by atoms with Crippen LogP contribution >= 0.6 is 0 Å². The number of rotatable bonds is 5. The Labute approximate surface area is 341 Å². The zero-order valence-corrected chi connectivity index (χ0v) is 31.9. The van der Waals surface area contributed by atoms with Crippen molar-refractivity contribution in [2.24, 2.45) is 0 Å². The van der Waals surface area contributed by atoms with Crippen LogP contribution in [0, 0.1) is 0 Å². The van der Waals surface area contributed by atoms with Crippen LogP contribution in [-0.2, 0) is 5.41 Å². The normalized spacial score (nSPS) is 12.9. The number of aromatic nitrogens is 4.